The molecule has 3 rings (SSSR count). The number of hydrogen-bond acceptors (Lipinski definition) is 4. The number of imidazole rings is 1. The Morgan fingerprint density at radius 1 is 1.30 bits per heavy atom. The van der Waals surface area contributed by atoms with Crippen LogP contribution in [0.25, 0.3) is 5.65 Å². The Hall–Kier alpha value is -2.18. The Kier molecular flexibility index (Phi) is 6.29. The topological polar surface area (TPSA) is 44.1 Å². The fourth-order valence-electron chi connectivity index (χ4n) is 3.69. The van der Waals surface area contributed by atoms with Crippen molar-refractivity contribution in [1.29, 1.82) is 0 Å². The molecule has 1 amide bonds. The van der Waals surface area contributed by atoms with E-state index in [0.29, 0.717) is 6.54 Å². The fraction of sp³-hybridized carbons (Fsp3) is 0.524. The van der Waals surface area contributed by atoms with Gasteiger partial charge >= 0.3 is 0 Å². The van der Waals surface area contributed by atoms with Crippen molar-refractivity contribution in [3.63, 3.8) is 0 Å². The molecule has 0 saturated carbocycles. The summed E-state index contributed by atoms with van der Waals surface area (Å²) in [5.74, 6) is 0.203. The molecule has 0 spiro atoms. The lowest BCUT2D eigenvalue weighted by Crippen LogP contribution is -2.54. The van der Waals surface area contributed by atoms with Gasteiger partial charge in [-0.3, -0.25) is 14.6 Å². The molecule has 0 N–H and O–H groups in total. The summed E-state index contributed by atoms with van der Waals surface area (Å²) in [6, 6.07) is 5.97. The van der Waals surface area contributed by atoms with E-state index in [4.69, 9.17) is 0 Å². The van der Waals surface area contributed by atoms with Gasteiger partial charge in [-0.25, -0.2) is 4.98 Å². The first-order valence-electron chi connectivity index (χ1n) is 9.80. The molecule has 1 fully saturated rings. The first kappa shape index (κ1) is 19.6. The van der Waals surface area contributed by atoms with Crippen molar-refractivity contribution in [2.24, 2.45) is 0 Å². The minimum absolute atomic E-state index is 0.0818. The lowest BCUT2D eigenvalue weighted by Gasteiger charge is -2.38. The summed E-state index contributed by atoms with van der Waals surface area (Å²) in [6.07, 6.45) is 4.13. The molecule has 0 aromatic carbocycles. The van der Waals surface area contributed by atoms with E-state index in [0.717, 1.165) is 56.2 Å². The van der Waals surface area contributed by atoms with Crippen molar-refractivity contribution in [1.82, 2.24) is 24.1 Å². The van der Waals surface area contributed by atoms with Crippen LogP contribution in [-0.4, -0.2) is 75.3 Å². The van der Waals surface area contributed by atoms with E-state index in [1.54, 1.807) is 0 Å². The van der Waals surface area contributed by atoms with Crippen LogP contribution < -0.4 is 0 Å². The highest BCUT2D eigenvalue weighted by Crippen LogP contribution is 2.13. The van der Waals surface area contributed by atoms with Crippen LogP contribution in [0.5, 0.6) is 0 Å². The highest BCUT2D eigenvalue weighted by atomic mass is 16.2. The van der Waals surface area contributed by atoms with Gasteiger partial charge in [0, 0.05) is 58.2 Å². The molecular weight excluding hydrogens is 338 g/mol. The molecule has 27 heavy (non-hydrogen) atoms. The molecule has 1 saturated heterocycles. The highest BCUT2D eigenvalue weighted by Gasteiger charge is 2.28. The number of pyridine rings is 1. The Labute approximate surface area is 162 Å². The number of rotatable bonds is 7. The normalized spacial score (nSPS) is 17.1. The zero-order chi connectivity index (χ0) is 19.4. The second kappa shape index (κ2) is 8.67. The van der Waals surface area contributed by atoms with E-state index in [1.807, 2.05) is 50.1 Å². The van der Waals surface area contributed by atoms with E-state index in [2.05, 4.69) is 32.0 Å². The predicted molar refractivity (Wildman–Crippen MR) is 109 cm³/mol. The van der Waals surface area contributed by atoms with Crippen molar-refractivity contribution in [2.45, 2.75) is 33.4 Å². The molecule has 6 heteroatoms. The first-order chi connectivity index (χ1) is 13.0. The van der Waals surface area contributed by atoms with E-state index >= 15 is 0 Å². The Bertz CT molecular complexity index is 758. The average Bonchev–Trinajstić information content (AvgIpc) is 3.07. The Balaban J connectivity index is 1.53. The van der Waals surface area contributed by atoms with Crippen molar-refractivity contribution in [2.75, 3.05) is 39.3 Å². The van der Waals surface area contributed by atoms with Crippen LogP contribution in [0.15, 0.2) is 42.7 Å². The number of likely N-dealkylation sites (N-methyl/N-ethyl adjacent to an activating group) is 1. The minimum Gasteiger partial charge on any atom is -0.338 e. The SMILES string of the molecule is C=C(C)CN(CC)C(=O)C(C)N1CCN(Cc2cn3ccccc3n2)CC1. The summed E-state index contributed by atoms with van der Waals surface area (Å²) < 4.78 is 2.06. The molecule has 1 aliphatic heterocycles. The van der Waals surface area contributed by atoms with E-state index < -0.39 is 0 Å². The maximum Gasteiger partial charge on any atom is 0.239 e. The largest absolute Gasteiger partial charge is 0.338 e. The summed E-state index contributed by atoms with van der Waals surface area (Å²) in [4.78, 5) is 24.1. The summed E-state index contributed by atoms with van der Waals surface area (Å²) >= 11 is 0. The van der Waals surface area contributed by atoms with E-state index in [-0.39, 0.29) is 11.9 Å². The molecule has 6 nitrogen and oxygen atoms in total. The summed E-state index contributed by atoms with van der Waals surface area (Å²) in [5, 5.41) is 0. The zero-order valence-corrected chi connectivity index (χ0v) is 16.8. The molecular formula is C21H31N5O. The van der Waals surface area contributed by atoms with Crippen molar-refractivity contribution in [3.8, 4) is 0 Å². The van der Waals surface area contributed by atoms with Crippen molar-refractivity contribution in [3.05, 3.63) is 48.4 Å². The van der Waals surface area contributed by atoms with Crippen LogP contribution in [0, 0.1) is 0 Å². The number of hydrogen-bond donors (Lipinski definition) is 0. The number of carbonyl (C=O) groups is 1. The number of amides is 1. The quantitative estimate of drug-likeness (QED) is 0.703. The molecule has 1 aliphatic rings. The molecule has 2 aromatic rings. The van der Waals surface area contributed by atoms with Gasteiger partial charge in [-0.2, -0.15) is 0 Å². The van der Waals surface area contributed by atoms with Crippen LogP contribution in [0.3, 0.4) is 0 Å². The second-order valence-corrected chi connectivity index (χ2v) is 7.50. The Morgan fingerprint density at radius 3 is 2.67 bits per heavy atom. The van der Waals surface area contributed by atoms with Gasteiger partial charge in [-0.05, 0) is 32.9 Å². The third-order valence-electron chi connectivity index (χ3n) is 5.27. The third kappa shape index (κ3) is 4.76. The predicted octanol–water partition coefficient (Wildman–Crippen LogP) is 2.26. The molecule has 2 aromatic heterocycles. The summed E-state index contributed by atoms with van der Waals surface area (Å²) in [6.45, 7) is 15.9. The maximum atomic E-state index is 12.8. The van der Waals surface area contributed by atoms with E-state index in [1.165, 1.54) is 0 Å². The Morgan fingerprint density at radius 2 is 2.04 bits per heavy atom. The highest BCUT2D eigenvalue weighted by molar-refractivity contribution is 5.81. The van der Waals surface area contributed by atoms with Gasteiger partial charge in [0.15, 0.2) is 0 Å². The van der Waals surface area contributed by atoms with Crippen LogP contribution >= 0.6 is 0 Å². The molecule has 3 heterocycles. The van der Waals surface area contributed by atoms with Crippen LogP contribution in [0.2, 0.25) is 0 Å². The van der Waals surface area contributed by atoms with Crippen LogP contribution in [0.1, 0.15) is 26.5 Å². The smallest absolute Gasteiger partial charge is 0.239 e. The average molecular weight is 370 g/mol. The van der Waals surface area contributed by atoms with Gasteiger partial charge in [-0.1, -0.05) is 18.2 Å². The van der Waals surface area contributed by atoms with Gasteiger partial charge in [0.2, 0.25) is 5.91 Å². The van der Waals surface area contributed by atoms with Gasteiger partial charge in [0.1, 0.15) is 5.65 Å². The molecule has 0 radical (unpaired) electrons. The molecule has 0 bridgehead atoms. The number of carbonyl (C=O) groups excluding carboxylic acids is 1. The number of fused-ring (bicyclic) bond motifs is 1. The van der Waals surface area contributed by atoms with Gasteiger partial charge in [0.05, 0.1) is 11.7 Å². The standard InChI is InChI=1S/C21H31N5O/c1-5-24(14-17(2)3)21(27)18(4)25-12-10-23(11-13-25)15-19-16-26-9-7-6-8-20(26)22-19/h6-9,16,18H,2,5,10-15H2,1,3-4H3. The van der Waals surface area contributed by atoms with Crippen LogP contribution in [-0.2, 0) is 11.3 Å². The zero-order valence-electron chi connectivity index (χ0n) is 16.8. The van der Waals surface area contributed by atoms with Crippen molar-refractivity contribution < 1.29 is 4.79 Å². The van der Waals surface area contributed by atoms with E-state index in [9.17, 15) is 4.79 Å². The fourth-order valence-corrected chi connectivity index (χ4v) is 3.69. The van der Waals surface area contributed by atoms with Gasteiger partial charge < -0.3 is 9.30 Å². The minimum atomic E-state index is -0.0818. The number of piperazine rings is 1. The van der Waals surface area contributed by atoms with Crippen LogP contribution in [0.4, 0.5) is 0 Å². The summed E-state index contributed by atoms with van der Waals surface area (Å²) in [7, 11) is 0. The third-order valence-corrected chi connectivity index (χ3v) is 5.27. The number of aromatic nitrogens is 2. The number of nitrogens with zero attached hydrogens (tertiary/aromatic N) is 5. The molecule has 0 aliphatic carbocycles. The lowest BCUT2D eigenvalue weighted by atomic mass is 10.2. The monoisotopic (exact) mass is 369 g/mol. The summed E-state index contributed by atoms with van der Waals surface area (Å²) in [5.41, 5.74) is 3.11. The van der Waals surface area contributed by atoms with Gasteiger partial charge in [-0.15, -0.1) is 0 Å². The molecule has 146 valence electrons. The first-order valence-corrected chi connectivity index (χ1v) is 9.80. The van der Waals surface area contributed by atoms with Crippen molar-refractivity contribution >= 4 is 11.6 Å². The second-order valence-electron chi connectivity index (χ2n) is 7.50. The molecule has 1 atom stereocenters. The maximum absolute atomic E-state index is 12.8. The molecule has 1 unspecified atom stereocenters. The lowest BCUT2D eigenvalue weighted by molar-refractivity contribution is -0.136. The van der Waals surface area contributed by atoms with Gasteiger partial charge in [0.25, 0.3) is 0 Å².